The zero-order valence-electron chi connectivity index (χ0n) is 12.5. The van der Waals surface area contributed by atoms with E-state index in [9.17, 15) is 14.7 Å². The van der Waals surface area contributed by atoms with Crippen molar-refractivity contribution in [2.45, 2.75) is 64.5 Å². The number of hydrogen-bond acceptors (Lipinski definition) is 2. The van der Waals surface area contributed by atoms with E-state index in [-0.39, 0.29) is 12.1 Å². The highest BCUT2D eigenvalue weighted by Crippen LogP contribution is 2.34. The normalized spacial score (nSPS) is 22.9. The highest BCUT2D eigenvalue weighted by atomic mass is 16.4. The first-order valence-electron chi connectivity index (χ1n) is 7.22. The van der Waals surface area contributed by atoms with Crippen molar-refractivity contribution in [3.05, 3.63) is 0 Å². The van der Waals surface area contributed by atoms with Gasteiger partial charge in [-0.25, -0.2) is 9.59 Å². The molecule has 2 amide bonds. The molecule has 1 atom stereocenters. The second kappa shape index (κ2) is 6.26. The van der Waals surface area contributed by atoms with Gasteiger partial charge in [0.2, 0.25) is 0 Å². The first-order chi connectivity index (χ1) is 8.94. The van der Waals surface area contributed by atoms with Crippen LogP contribution in [0.4, 0.5) is 4.79 Å². The number of nitrogens with zero attached hydrogens (tertiary/aromatic N) is 2. The van der Waals surface area contributed by atoms with Crippen LogP contribution in [0, 0.1) is 0 Å². The number of likely N-dealkylation sites (tertiary alicyclic amines) is 1. The number of carbonyl (C=O) groups excluding carboxylic acids is 1. The molecule has 0 radical (unpaired) electrons. The maximum atomic E-state index is 12.6. The number of hydrogen-bond donors (Lipinski definition) is 1. The van der Waals surface area contributed by atoms with E-state index < -0.39 is 11.5 Å². The summed E-state index contributed by atoms with van der Waals surface area (Å²) in [7, 11) is 1.78. The van der Waals surface area contributed by atoms with Gasteiger partial charge < -0.3 is 14.9 Å². The molecule has 0 spiro atoms. The third kappa shape index (κ3) is 2.69. The third-order valence-electron chi connectivity index (χ3n) is 4.49. The van der Waals surface area contributed by atoms with Crippen molar-refractivity contribution in [3.63, 3.8) is 0 Å². The summed E-state index contributed by atoms with van der Waals surface area (Å²) in [6.45, 7) is 6.48. The highest BCUT2D eigenvalue weighted by Gasteiger charge is 2.49. The van der Waals surface area contributed by atoms with Crippen LogP contribution < -0.4 is 0 Å². The SMILES string of the molecule is CCC(CC)N(C)C(=O)N1CCCC1(CC)C(=O)O. The van der Waals surface area contributed by atoms with E-state index in [0.717, 1.165) is 19.3 Å². The lowest BCUT2D eigenvalue weighted by atomic mass is 9.93. The number of carboxylic acid groups (broad SMARTS) is 1. The van der Waals surface area contributed by atoms with Crippen LogP contribution in [0.5, 0.6) is 0 Å². The molecule has 1 heterocycles. The average Bonchev–Trinajstić information content (AvgIpc) is 2.84. The summed E-state index contributed by atoms with van der Waals surface area (Å²) in [5.74, 6) is -0.876. The molecule has 110 valence electrons. The molecule has 0 aromatic carbocycles. The van der Waals surface area contributed by atoms with E-state index in [1.165, 1.54) is 0 Å². The first-order valence-corrected chi connectivity index (χ1v) is 7.22. The maximum absolute atomic E-state index is 12.6. The summed E-state index contributed by atoms with van der Waals surface area (Å²) in [6, 6.07) is 0.0342. The lowest BCUT2D eigenvalue weighted by Gasteiger charge is -2.38. The van der Waals surface area contributed by atoms with Gasteiger partial charge in [-0.15, -0.1) is 0 Å². The van der Waals surface area contributed by atoms with Crippen molar-refractivity contribution in [2.75, 3.05) is 13.6 Å². The van der Waals surface area contributed by atoms with Crippen LogP contribution in [-0.2, 0) is 4.79 Å². The molecule has 0 aromatic heterocycles. The quantitative estimate of drug-likeness (QED) is 0.835. The fourth-order valence-corrected chi connectivity index (χ4v) is 3.08. The number of aliphatic carboxylic acids is 1. The Labute approximate surface area is 115 Å². The zero-order chi connectivity index (χ0) is 14.6. The molecule has 1 aliphatic heterocycles. The van der Waals surface area contributed by atoms with E-state index >= 15 is 0 Å². The first kappa shape index (κ1) is 15.8. The standard InChI is InChI=1S/C14H26N2O3/c1-5-11(6-2)15(4)13(19)16-10-8-9-14(16,7-3)12(17)18/h11H,5-10H2,1-4H3,(H,17,18). The summed E-state index contributed by atoms with van der Waals surface area (Å²) >= 11 is 0. The van der Waals surface area contributed by atoms with Gasteiger partial charge in [-0.3, -0.25) is 0 Å². The Hall–Kier alpha value is -1.26. The van der Waals surface area contributed by atoms with Gasteiger partial charge in [0, 0.05) is 19.6 Å². The number of rotatable bonds is 5. The Morgan fingerprint density at radius 3 is 2.32 bits per heavy atom. The van der Waals surface area contributed by atoms with Crippen molar-refractivity contribution in [2.24, 2.45) is 0 Å². The molecule has 1 fully saturated rings. The second-order valence-corrected chi connectivity index (χ2v) is 5.31. The fraction of sp³-hybridized carbons (Fsp3) is 0.857. The smallest absolute Gasteiger partial charge is 0.329 e. The Morgan fingerprint density at radius 1 is 1.32 bits per heavy atom. The minimum absolute atomic E-state index is 0.143. The minimum Gasteiger partial charge on any atom is -0.479 e. The maximum Gasteiger partial charge on any atom is 0.329 e. The van der Waals surface area contributed by atoms with Crippen LogP contribution in [0.25, 0.3) is 0 Å². The Morgan fingerprint density at radius 2 is 1.89 bits per heavy atom. The molecule has 5 heteroatoms. The summed E-state index contributed by atoms with van der Waals surface area (Å²) < 4.78 is 0. The summed E-state index contributed by atoms with van der Waals surface area (Å²) in [4.78, 5) is 27.4. The number of urea groups is 1. The van der Waals surface area contributed by atoms with Gasteiger partial charge in [-0.05, 0) is 32.1 Å². The molecule has 0 aromatic rings. The van der Waals surface area contributed by atoms with Crippen LogP contribution in [0.2, 0.25) is 0 Å². The van der Waals surface area contributed by atoms with E-state index in [1.54, 1.807) is 16.8 Å². The summed E-state index contributed by atoms with van der Waals surface area (Å²) in [6.07, 6.45) is 3.56. The molecular formula is C14H26N2O3. The Bertz CT molecular complexity index is 342. The van der Waals surface area contributed by atoms with Crippen LogP contribution in [0.1, 0.15) is 52.9 Å². The van der Waals surface area contributed by atoms with Gasteiger partial charge >= 0.3 is 12.0 Å². The molecule has 1 unspecified atom stereocenters. The van der Waals surface area contributed by atoms with Crippen LogP contribution in [-0.4, -0.2) is 52.1 Å². The van der Waals surface area contributed by atoms with Gasteiger partial charge in [-0.2, -0.15) is 0 Å². The van der Waals surface area contributed by atoms with Crippen molar-refractivity contribution in [3.8, 4) is 0 Å². The predicted molar refractivity (Wildman–Crippen MR) is 74.1 cm³/mol. The molecule has 19 heavy (non-hydrogen) atoms. The molecule has 1 rings (SSSR count). The number of amides is 2. The molecule has 0 aliphatic carbocycles. The summed E-state index contributed by atoms with van der Waals surface area (Å²) in [5.41, 5.74) is -1.00. The highest BCUT2D eigenvalue weighted by molar-refractivity contribution is 5.87. The Balaban J connectivity index is 2.94. The van der Waals surface area contributed by atoms with Crippen molar-refractivity contribution >= 4 is 12.0 Å². The number of carbonyl (C=O) groups is 2. The predicted octanol–water partition coefficient (Wildman–Crippen LogP) is 2.56. The van der Waals surface area contributed by atoms with Gasteiger partial charge in [-0.1, -0.05) is 20.8 Å². The molecule has 1 aliphatic rings. The lowest BCUT2D eigenvalue weighted by molar-refractivity contribution is -0.148. The molecule has 1 saturated heterocycles. The topological polar surface area (TPSA) is 60.9 Å². The van der Waals surface area contributed by atoms with E-state index in [2.05, 4.69) is 0 Å². The monoisotopic (exact) mass is 270 g/mol. The molecule has 1 N–H and O–H groups in total. The van der Waals surface area contributed by atoms with Crippen LogP contribution >= 0.6 is 0 Å². The fourth-order valence-electron chi connectivity index (χ4n) is 3.08. The Kier molecular flexibility index (Phi) is 5.20. The molecule has 0 saturated carbocycles. The van der Waals surface area contributed by atoms with E-state index in [1.807, 2.05) is 20.8 Å². The third-order valence-corrected chi connectivity index (χ3v) is 4.49. The molecular weight excluding hydrogens is 244 g/mol. The van der Waals surface area contributed by atoms with Crippen LogP contribution in [0.15, 0.2) is 0 Å². The van der Waals surface area contributed by atoms with Crippen molar-refractivity contribution in [1.82, 2.24) is 9.80 Å². The van der Waals surface area contributed by atoms with E-state index in [4.69, 9.17) is 0 Å². The molecule has 5 nitrogen and oxygen atoms in total. The molecule has 0 bridgehead atoms. The van der Waals surface area contributed by atoms with Gasteiger partial charge in [0.15, 0.2) is 0 Å². The van der Waals surface area contributed by atoms with Crippen LogP contribution in [0.3, 0.4) is 0 Å². The van der Waals surface area contributed by atoms with Crippen molar-refractivity contribution in [1.29, 1.82) is 0 Å². The lowest BCUT2D eigenvalue weighted by Crippen LogP contribution is -2.57. The van der Waals surface area contributed by atoms with E-state index in [0.29, 0.717) is 19.4 Å². The zero-order valence-corrected chi connectivity index (χ0v) is 12.5. The van der Waals surface area contributed by atoms with Gasteiger partial charge in [0.1, 0.15) is 5.54 Å². The minimum atomic E-state index is -1.00. The van der Waals surface area contributed by atoms with Crippen molar-refractivity contribution < 1.29 is 14.7 Å². The second-order valence-electron chi connectivity index (χ2n) is 5.31. The average molecular weight is 270 g/mol. The van der Waals surface area contributed by atoms with Gasteiger partial charge in [0.25, 0.3) is 0 Å². The summed E-state index contributed by atoms with van der Waals surface area (Å²) in [5, 5.41) is 9.51. The number of carboxylic acids is 1. The van der Waals surface area contributed by atoms with Gasteiger partial charge in [0.05, 0.1) is 0 Å². The largest absolute Gasteiger partial charge is 0.479 e.